The van der Waals surface area contributed by atoms with Gasteiger partial charge in [-0.2, -0.15) is 0 Å². The average molecular weight is 253 g/mol. The zero-order valence-corrected chi connectivity index (χ0v) is 11.0. The minimum Gasteiger partial charge on any atom is -0.464 e. The van der Waals surface area contributed by atoms with Crippen molar-refractivity contribution in [1.29, 1.82) is 0 Å². The summed E-state index contributed by atoms with van der Waals surface area (Å²) in [5, 5.41) is 1.11. The summed E-state index contributed by atoms with van der Waals surface area (Å²) in [7, 11) is 0. The summed E-state index contributed by atoms with van der Waals surface area (Å²) in [4.78, 5) is 8.91. The van der Waals surface area contributed by atoms with E-state index in [1.807, 2.05) is 26.0 Å². The number of nitrogens with two attached hydrogens (primary N) is 1. The number of hydrogen-bond acceptors (Lipinski definition) is 4. The molecule has 0 radical (unpaired) electrons. The molecule has 0 saturated heterocycles. The molecule has 2 N–H and O–H groups in total. The summed E-state index contributed by atoms with van der Waals surface area (Å²) in [6, 6.07) is 6.03. The van der Waals surface area contributed by atoms with Crippen molar-refractivity contribution in [2.75, 3.05) is 0 Å². The fourth-order valence-electron chi connectivity index (χ4n) is 2.14. The molecule has 96 valence electrons. The lowest BCUT2D eigenvalue weighted by atomic mass is 10.1. The minimum absolute atomic E-state index is 0.402. The molecular weight excluding hydrogens is 238 g/mol. The molecule has 0 aliphatic rings. The van der Waals surface area contributed by atoms with Gasteiger partial charge in [0.15, 0.2) is 0 Å². The molecule has 0 fully saturated rings. The molecule has 3 aromatic rings. The molecule has 2 aromatic heterocycles. The van der Waals surface area contributed by atoms with Gasteiger partial charge in [-0.1, -0.05) is 0 Å². The second kappa shape index (κ2) is 4.48. The summed E-state index contributed by atoms with van der Waals surface area (Å²) in [6.45, 7) is 4.35. The number of benzene rings is 1. The van der Waals surface area contributed by atoms with Crippen LogP contribution in [-0.4, -0.2) is 9.97 Å². The Morgan fingerprint density at radius 3 is 2.89 bits per heavy atom. The van der Waals surface area contributed by atoms with Gasteiger partial charge in [-0.05, 0) is 37.6 Å². The fraction of sp³-hybridized carbons (Fsp3) is 0.200. The van der Waals surface area contributed by atoms with Crippen LogP contribution in [0.1, 0.15) is 17.0 Å². The Morgan fingerprint density at radius 1 is 1.26 bits per heavy atom. The van der Waals surface area contributed by atoms with E-state index < -0.39 is 0 Å². The van der Waals surface area contributed by atoms with Crippen molar-refractivity contribution in [2.24, 2.45) is 5.73 Å². The molecule has 0 atom stereocenters. The van der Waals surface area contributed by atoms with Crippen molar-refractivity contribution in [2.45, 2.75) is 20.4 Å². The van der Waals surface area contributed by atoms with Gasteiger partial charge in [0.05, 0.1) is 29.5 Å². The highest BCUT2D eigenvalue weighted by Crippen LogP contribution is 2.26. The lowest BCUT2D eigenvalue weighted by Crippen LogP contribution is -2.05. The normalized spacial score (nSPS) is 11.1. The van der Waals surface area contributed by atoms with Crippen LogP contribution in [0.5, 0.6) is 0 Å². The van der Waals surface area contributed by atoms with E-state index in [9.17, 15) is 0 Å². The van der Waals surface area contributed by atoms with E-state index in [2.05, 4.69) is 16.0 Å². The summed E-state index contributed by atoms with van der Waals surface area (Å²) in [6.07, 6.45) is 3.55. The molecule has 19 heavy (non-hydrogen) atoms. The number of furan rings is 1. The van der Waals surface area contributed by atoms with Gasteiger partial charge < -0.3 is 10.2 Å². The van der Waals surface area contributed by atoms with Crippen molar-refractivity contribution < 1.29 is 4.42 Å². The SMILES string of the molecule is Cc1ncc(-c2ccc3occ(C)c3c2)nc1CN. The highest BCUT2D eigenvalue weighted by molar-refractivity contribution is 5.85. The molecule has 0 amide bonds. The standard InChI is InChI=1S/C15H15N3O/c1-9-8-19-15-4-3-11(5-12(9)15)14-7-17-10(2)13(6-16)18-14/h3-5,7-8H,6,16H2,1-2H3. The summed E-state index contributed by atoms with van der Waals surface area (Å²) >= 11 is 0. The highest BCUT2D eigenvalue weighted by Gasteiger charge is 2.08. The van der Waals surface area contributed by atoms with Crippen LogP contribution >= 0.6 is 0 Å². The van der Waals surface area contributed by atoms with Gasteiger partial charge in [0.1, 0.15) is 5.58 Å². The zero-order chi connectivity index (χ0) is 13.4. The molecule has 0 aliphatic heterocycles. The molecule has 0 unspecified atom stereocenters. The Balaban J connectivity index is 2.15. The van der Waals surface area contributed by atoms with Crippen LogP contribution in [0.3, 0.4) is 0 Å². The summed E-state index contributed by atoms with van der Waals surface area (Å²) in [5.41, 5.74) is 11.3. The van der Waals surface area contributed by atoms with Crippen LogP contribution in [0.15, 0.2) is 35.1 Å². The quantitative estimate of drug-likeness (QED) is 0.762. The topological polar surface area (TPSA) is 64.9 Å². The molecule has 2 heterocycles. The van der Waals surface area contributed by atoms with E-state index in [-0.39, 0.29) is 0 Å². The van der Waals surface area contributed by atoms with Crippen molar-refractivity contribution in [3.63, 3.8) is 0 Å². The maximum Gasteiger partial charge on any atom is 0.134 e. The number of aryl methyl sites for hydroxylation is 2. The largest absolute Gasteiger partial charge is 0.464 e. The van der Waals surface area contributed by atoms with E-state index in [1.54, 1.807) is 12.5 Å². The molecule has 4 heteroatoms. The van der Waals surface area contributed by atoms with Gasteiger partial charge in [-0.15, -0.1) is 0 Å². The molecule has 0 spiro atoms. The van der Waals surface area contributed by atoms with Gasteiger partial charge in [-0.3, -0.25) is 4.98 Å². The second-order valence-corrected chi connectivity index (χ2v) is 4.62. The number of nitrogens with zero attached hydrogens (tertiary/aromatic N) is 2. The Labute approximate surface area is 111 Å². The average Bonchev–Trinajstić information content (AvgIpc) is 2.80. The van der Waals surface area contributed by atoms with Crippen LogP contribution < -0.4 is 5.73 Å². The first kappa shape index (κ1) is 11.9. The molecule has 0 bridgehead atoms. The summed E-state index contributed by atoms with van der Waals surface area (Å²) in [5.74, 6) is 0. The van der Waals surface area contributed by atoms with Crippen LogP contribution in [0.2, 0.25) is 0 Å². The fourth-order valence-corrected chi connectivity index (χ4v) is 2.14. The molecular formula is C15H15N3O. The van der Waals surface area contributed by atoms with Crippen molar-refractivity contribution in [3.05, 3.63) is 47.6 Å². The third-order valence-electron chi connectivity index (χ3n) is 3.31. The van der Waals surface area contributed by atoms with Crippen LogP contribution in [0.4, 0.5) is 0 Å². The molecule has 4 nitrogen and oxygen atoms in total. The molecule has 0 aliphatic carbocycles. The van der Waals surface area contributed by atoms with Gasteiger partial charge in [-0.25, -0.2) is 4.98 Å². The first-order valence-electron chi connectivity index (χ1n) is 6.20. The predicted molar refractivity (Wildman–Crippen MR) is 74.6 cm³/mol. The smallest absolute Gasteiger partial charge is 0.134 e. The first-order valence-corrected chi connectivity index (χ1v) is 6.20. The second-order valence-electron chi connectivity index (χ2n) is 4.62. The molecule has 3 rings (SSSR count). The minimum atomic E-state index is 0.402. The number of rotatable bonds is 2. The number of fused-ring (bicyclic) bond motifs is 1. The lowest BCUT2D eigenvalue weighted by molar-refractivity contribution is 0.613. The first-order chi connectivity index (χ1) is 9.19. The van der Waals surface area contributed by atoms with Crippen LogP contribution in [0, 0.1) is 13.8 Å². The Bertz CT molecular complexity index is 746. The van der Waals surface area contributed by atoms with Crippen molar-refractivity contribution in [1.82, 2.24) is 9.97 Å². The van der Waals surface area contributed by atoms with Crippen LogP contribution in [-0.2, 0) is 6.54 Å². The zero-order valence-electron chi connectivity index (χ0n) is 11.0. The van der Waals surface area contributed by atoms with E-state index >= 15 is 0 Å². The molecule has 1 aromatic carbocycles. The summed E-state index contributed by atoms with van der Waals surface area (Å²) < 4.78 is 5.45. The van der Waals surface area contributed by atoms with E-state index in [1.165, 1.54) is 0 Å². The highest BCUT2D eigenvalue weighted by atomic mass is 16.3. The molecule has 0 saturated carbocycles. The Morgan fingerprint density at radius 2 is 2.11 bits per heavy atom. The Hall–Kier alpha value is -2.20. The van der Waals surface area contributed by atoms with Crippen LogP contribution in [0.25, 0.3) is 22.2 Å². The van der Waals surface area contributed by atoms with Gasteiger partial charge in [0.25, 0.3) is 0 Å². The monoisotopic (exact) mass is 253 g/mol. The van der Waals surface area contributed by atoms with Crippen molar-refractivity contribution in [3.8, 4) is 11.3 Å². The van der Waals surface area contributed by atoms with Gasteiger partial charge in [0, 0.05) is 17.5 Å². The Kier molecular flexibility index (Phi) is 2.80. The lowest BCUT2D eigenvalue weighted by Gasteiger charge is -2.05. The van der Waals surface area contributed by atoms with E-state index in [0.717, 1.165) is 39.2 Å². The number of aromatic nitrogens is 2. The third kappa shape index (κ3) is 2.00. The van der Waals surface area contributed by atoms with Gasteiger partial charge in [0.2, 0.25) is 0 Å². The predicted octanol–water partition coefficient (Wildman–Crippen LogP) is 2.97. The maximum absolute atomic E-state index is 5.68. The van der Waals surface area contributed by atoms with E-state index in [4.69, 9.17) is 10.2 Å². The van der Waals surface area contributed by atoms with Gasteiger partial charge >= 0.3 is 0 Å². The number of hydrogen-bond donors (Lipinski definition) is 1. The third-order valence-corrected chi connectivity index (χ3v) is 3.31. The van der Waals surface area contributed by atoms with E-state index in [0.29, 0.717) is 6.54 Å². The maximum atomic E-state index is 5.68. The van der Waals surface area contributed by atoms with Crippen molar-refractivity contribution >= 4 is 11.0 Å².